The number of carbonyl (C=O) groups is 1. The third kappa shape index (κ3) is 5.44. The van der Waals surface area contributed by atoms with E-state index in [4.69, 9.17) is 5.73 Å². The number of aromatic nitrogens is 2. The van der Waals surface area contributed by atoms with Crippen LogP contribution in [0.2, 0.25) is 0 Å². The van der Waals surface area contributed by atoms with Crippen LogP contribution in [0.3, 0.4) is 0 Å². The lowest BCUT2D eigenvalue weighted by Crippen LogP contribution is -2.50. The number of H-pyrrole nitrogens is 1. The summed E-state index contributed by atoms with van der Waals surface area (Å²) in [6.07, 6.45) is 2.94. The lowest BCUT2D eigenvalue weighted by Gasteiger charge is -2.28. The van der Waals surface area contributed by atoms with Crippen molar-refractivity contribution in [2.45, 2.75) is 44.3 Å². The minimum Gasteiger partial charge on any atom is -0.383 e. The fraction of sp³-hybridized carbons (Fsp3) is 0.308. The molecule has 1 heterocycles. The highest BCUT2D eigenvalue weighted by molar-refractivity contribution is 5.83. The number of carbonyl (C=O) groups excluding carboxylic acids is 1. The Bertz CT molecular complexity index is 1340. The molecule has 3 aromatic rings. The van der Waals surface area contributed by atoms with E-state index in [-0.39, 0.29) is 37.0 Å². The van der Waals surface area contributed by atoms with E-state index < -0.39 is 16.8 Å². The number of aromatic amines is 1. The number of amides is 1. The second-order valence-electron chi connectivity index (χ2n) is 8.86. The van der Waals surface area contributed by atoms with Crippen LogP contribution in [0.4, 0.5) is 11.5 Å². The van der Waals surface area contributed by atoms with E-state index in [0.717, 1.165) is 24.0 Å². The number of nitrogen functional groups attached to an aromatic ring is 1. The zero-order valence-electron chi connectivity index (χ0n) is 19.4. The van der Waals surface area contributed by atoms with Gasteiger partial charge in [0, 0.05) is 6.54 Å². The van der Waals surface area contributed by atoms with E-state index >= 15 is 0 Å². The normalized spacial score (nSPS) is 14.3. The highest BCUT2D eigenvalue weighted by atomic mass is 16.2. The molecule has 1 aromatic heterocycles. The van der Waals surface area contributed by atoms with E-state index in [0.29, 0.717) is 12.8 Å². The van der Waals surface area contributed by atoms with E-state index in [9.17, 15) is 19.6 Å². The van der Waals surface area contributed by atoms with Crippen LogP contribution in [0.1, 0.15) is 36.8 Å². The summed E-state index contributed by atoms with van der Waals surface area (Å²) < 4.78 is 1.29. The Balaban J connectivity index is 1.70. The number of nitrogens with one attached hydrogen (secondary N) is 2. The molecule has 1 aliphatic rings. The monoisotopic (exact) mass is 472 g/mol. The maximum Gasteiger partial charge on any atom is 0.330 e. The second-order valence-corrected chi connectivity index (χ2v) is 8.86. The summed E-state index contributed by atoms with van der Waals surface area (Å²) >= 11 is 0. The standard InChI is InChI=1S/C26H28N6O3/c27-18-26(13-7-8-14-26)30-21(33)17-31(15-19-9-3-1-4-10-19)22-23(28)32(25(35)29-24(22)34)16-20-11-5-2-6-12-20/h1-6,9-12H,7-8,13-17,28H2,(H,30,33)(H,29,34,35). The molecule has 2 aromatic carbocycles. The van der Waals surface area contributed by atoms with Crippen LogP contribution >= 0.6 is 0 Å². The number of benzene rings is 2. The Labute approximate surface area is 202 Å². The van der Waals surface area contributed by atoms with Gasteiger partial charge in [-0.05, 0) is 36.8 Å². The van der Waals surface area contributed by atoms with E-state index in [1.807, 2.05) is 60.7 Å². The molecule has 4 N–H and O–H groups in total. The van der Waals surface area contributed by atoms with E-state index in [1.54, 1.807) is 4.90 Å². The maximum atomic E-state index is 13.1. The van der Waals surface area contributed by atoms with Crippen molar-refractivity contribution in [3.63, 3.8) is 0 Å². The third-order valence-corrected chi connectivity index (χ3v) is 6.31. The molecule has 0 bridgehead atoms. The predicted molar refractivity (Wildman–Crippen MR) is 134 cm³/mol. The Hall–Kier alpha value is -4.32. The van der Waals surface area contributed by atoms with Crippen molar-refractivity contribution in [3.8, 4) is 6.07 Å². The summed E-state index contributed by atoms with van der Waals surface area (Å²) in [5.41, 5.74) is 5.94. The zero-order chi connectivity index (χ0) is 24.8. The van der Waals surface area contributed by atoms with Crippen molar-refractivity contribution >= 4 is 17.4 Å². The molecule has 0 unspecified atom stereocenters. The number of nitrogens with zero attached hydrogens (tertiary/aromatic N) is 3. The quantitative estimate of drug-likeness (QED) is 0.459. The Kier molecular flexibility index (Phi) is 7.01. The zero-order valence-corrected chi connectivity index (χ0v) is 19.4. The molecule has 0 radical (unpaired) electrons. The van der Waals surface area contributed by atoms with Crippen molar-refractivity contribution in [2.24, 2.45) is 0 Å². The predicted octanol–water partition coefficient (Wildman–Crippen LogP) is 2.13. The van der Waals surface area contributed by atoms with Crippen molar-refractivity contribution in [3.05, 3.63) is 92.6 Å². The second kappa shape index (κ2) is 10.3. The van der Waals surface area contributed by atoms with Crippen molar-refractivity contribution in [1.82, 2.24) is 14.9 Å². The summed E-state index contributed by atoms with van der Waals surface area (Å²) in [7, 11) is 0. The fourth-order valence-corrected chi connectivity index (χ4v) is 4.55. The van der Waals surface area contributed by atoms with Crippen molar-refractivity contribution < 1.29 is 4.79 Å². The van der Waals surface area contributed by atoms with Gasteiger partial charge < -0.3 is 16.0 Å². The molecule has 1 saturated carbocycles. The summed E-state index contributed by atoms with van der Waals surface area (Å²) in [5, 5.41) is 12.5. The third-order valence-electron chi connectivity index (χ3n) is 6.31. The van der Waals surface area contributed by atoms with Crippen LogP contribution in [-0.4, -0.2) is 27.5 Å². The van der Waals surface area contributed by atoms with Crippen molar-refractivity contribution in [1.29, 1.82) is 5.26 Å². The van der Waals surface area contributed by atoms with Gasteiger partial charge >= 0.3 is 5.69 Å². The molecular weight excluding hydrogens is 444 g/mol. The van der Waals surface area contributed by atoms with Gasteiger partial charge in [-0.15, -0.1) is 0 Å². The van der Waals surface area contributed by atoms with Gasteiger partial charge in [-0.2, -0.15) is 5.26 Å². The van der Waals surface area contributed by atoms with Crippen LogP contribution < -0.4 is 27.2 Å². The summed E-state index contributed by atoms with van der Waals surface area (Å²) in [6, 6.07) is 20.9. The van der Waals surface area contributed by atoms with Gasteiger partial charge in [0.1, 0.15) is 17.0 Å². The molecular formula is C26H28N6O3. The minimum absolute atomic E-state index is 0.0257. The highest BCUT2D eigenvalue weighted by Gasteiger charge is 2.36. The summed E-state index contributed by atoms with van der Waals surface area (Å²) in [4.78, 5) is 42.6. The molecule has 1 fully saturated rings. The Morgan fingerprint density at radius 2 is 1.66 bits per heavy atom. The molecule has 4 rings (SSSR count). The maximum absolute atomic E-state index is 13.1. The van der Waals surface area contributed by atoms with Crippen molar-refractivity contribution in [2.75, 3.05) is 17.2 Å². The average Bonchev–Trinajstić information content (AvgIpc) is 3.31. The molecule has 1 aliphatic carbocycles. The molecule has 0 aliphatic heterocycles. The van der Waals surface area contributed by atoms with Gasteiger partial charge in [0.05, 0.1) is 19.2 Å². The Morgan fingerprint density at radius 3 is 2.26 bits per heavy atom. The highest BCUT2D eigenvalue weighted by Crippen LogP contribution is 2.29. The van der Waals surface area contributed by atoms with Crippen LogP contribution in [0.25, 0.3) is 0 Å². The molecule has 1 amide bonds. The van der Waals surface area contributed by atoms with Crippen LogP contribution in [0, 0.1) is 11.3 Å². The van der Waals surface area contributed by atoms with Gasteiger partial charge in [0.15, 0.2) is 0 Å². The molecule has 0 spiro atoms. The number of hydrogen-bond donors (Lipinski definition) is 3. The van der Waals surface area contributed by atoms with Gasteiger partial charge in [-0.3, -0.25) is 19.1 Å². The molecule has 9 heteroatoms. The fourth-order valence-electron chi connectivity index (χ4n) is 4.55. The summed E-state index contributed by atoms with van der Waals surface area (Å²) in [5.74, 6) is -0.411. The van der Waals surface area contributed by atoms with Gasteiger partial charge in [0.2, 0.25) is 5.91 Å². The van der Waals surface area contributed by atoms with E-state index in [1.165, 1.54) is 4.57 Å². The first kappa shape index (κ1) is 23.8. The summed E-state index contributed by atoms with van der Waals surface area (Å²) in [6.45, 7) is 0.179. The lowest BCUT2D eigenvalue weighted by atomic mass is 10.00. The van der Waals surface area contributed by atoms with Gasteiger partial charge in [-0.1, -0.05) is 60.7 Å². The molecule has 0 saturated heterocycles. The topological polar surface area (TPSA) is 137 Å². The van der Waals surface area contributed by atoms with E-state index in [2.05, 4.69) is 16.4 Å². The number of rotatable bonds is 8. The Morgan fingerprint density at radius 1 is 1.06 bits per heavy atom. The average molecular weight is 473 g/mol. The number of nitriles is 1. The lowest BCUT2D eigenvalue weighted by molar-refractivity contribution is -0.121. The molecule has 0 atom stereocenters. The first-order chi connectivity index (χ1) is 16.9. The SMILES string of the molecule is N#CC1(NC(=O)CN(Cc2ccccc2)c2c(N)n(Cc3ccccc3)c(=O)[nH]c2=O)CCCC1. The van der Waals surface area contributed by atoms with Crippen LogP contribution in [-0.2, 0) is 17.9 Å². The van der Waals surface area contributed by atoms with Gasteiger partial charge in [-0.25, -0.2) is 4.79 Å². The first-order valence-electron chi connectivity index (χ1n) is 11.6. The number of nitrogens with two attached hydrogens (primary N) is 1. The number of anilines is 2. The molecule has 180 valence electrons. The largest absolute Gasteiger partial charge is 0.383 e. The molecule has 9 nitrogen and oxygen atoms in total. The van der Waals surface area contributed by atoms with Crippen LogP contribution in [0.5, 0.6) is 0 Å². The number of hydrogen-bond acceptors (Lipinski definition) is 6. The first-order valence-corrected chi connectivity index (χ1v) is 11.6. The smallest absolute Gasteiger partial charge is 0.330 e. The minimum atomic E-state index is -0.889. The molecule has 35 heavy (non-hydrogen) atoms. The van der Waals surface area contributed by atoms with Gasteiger partial charge in [0.25, 0.3) is 5.56 Å². The van der Waals surface area contributed by atoms with Crippen LogP contribution in [0.15, 0.2) is 70.3 Å².